The van der Waals surface area contributed by atoms with Gasteiger partial charge in [-0.1, -0.05) is 41.4 Å². The van der Waals surface area contributed by atoms with Gasteiger partial charge in [0.2, 0.25) is 0 Å². The summed E-state index contributed by atoms with van der Waals surface area (Å²) >= 11 is 11.7. The van der Waals surface area contributed by atoms with Crippen LogP contribution in [0.4, 0.5) is 5.69 Å². The topological polar surface area (TPSA) is 46.2 Å². The number of rotatable bonds is 3. The zero-order valence-corrected chi connectivity index (χ0v) is 13.3. The van der Waals surface area contributed by atoms with E-state index in [1.807, 2.05) is 32.0 Å². The van der Waals surface area contributed by atoms with E-state index in [2.05, 4.69) is 4.72 Å². The Morgan fingerprint density at radius 2 is 1.55 bits per heavy atom. The van der Waals surface area contributed by atoms with Crippen LogP contribution < -0.4 is 4.72 Å². The van der Waals surface area contributed by atoms with Crippen LogP contribution in [0.25, 0.3) is 0 Å². The molecule has 0 fully saturated rings. The van der Waals surface area contributed by atoms with Crippen molar-refractivity contribution in [3.63, 3.8) is 0 Å². The first kappa shape index (κ1) is 15.2. The SMILES string of the molecule is Cc1cccc(C)c1NS(=O)(=O)c1ccc(Cl)c(Cl)c1. The Hall–Kier alpha value is -1.23. The van der Waals surface area contributed by atoms with Crippen molar-refractivity contribution < 1.29 is 8.42 Å². The highest BCUT2D eigenvalue weighted by atomic mass is 35.5. The largest absolute Gasteiger partial charge is 0.279 e. The van der Waals surface area contributed by atoms with E-state index in [-0.39, 0.29) is 9.92 Å². The highest BCUT2D eigenvalue weighted by molar-refractivity contribution is 7.92. The normalized spacial score (nSPS) is 11.4. The Labute approximate surface area is 128 Å². The number of para-hydroxylation sites is 1. The Bertz CT molecular complexity index is 738. The molecule has 2 aromatic rings. The molecule has 2 aromatic carbocycles. The van der Waals surface area contributed by atoms with Crippen LogP contribution in [-0.4, -0.2) is 8.42 Å². The molecule has 0 atom stereocenters. The molecule has 2 rings (SSSR count). The molecule has 0 amide bonds. The summed E-state index contributed by atoms with van der Waals surface area (Å²) in [5, 5.41) is 0.522. The maximum Gasteiger partial charge on any atom is 0.261 e. The second kappa shape index (κ2) is 5.64. The van der Waals surface area contributed by atoms with Gasteiger partial charge in [-0.25, -0.2) is 8.42 Å². The van der Waals surface area contributed by atoms with Crippen molar-refractivity contribution in [2.75, 3.05) is 4.72 Å². The summed E-state index contributed by atoms with van der Waals surface area (Å²) in [5.74, 6) is 0. The number of benzene rings is 2. The summed E-state index contributed by atoms with van der Waals surface area (Å²) in [6.45, 7) is 3.69. The molecule has 0 aliphatic carbocycles. The van der Waals surface area contributed by atoms with Crippen LogP contribution in [0.5, 0.6) is 0 Å². The number of halogens is 2. The molecule has 0 spiro atoms. The van der Waals surface area contributed by atoms with Crippen molar-refractivity contribution in [1.82, 2.24) is 0 Å². The molecular weight excluding hydrogens is 317 g/mol. The summed E-state index contributed by atoms with van der Waals surface area (Å²) in [4.78, 5) is 0.0783. The van der Waals surface area contributed by atoms with Crippen LogP contribution in [0.3, 0.4) is 0 Å². The first-order valence-corrected chi connectivity index (χ1v) is 8.09. The molecule has 0 heterocycles. The zero-order chi connectivity index (χ0) is 14.9. The molecule has 0 unspecified atom stereocenters. The van der Waals surface area contributed by atoms with Gasteiger partial charge in [-0.2, -0.15) is 0 Å². The third kappa shape index (κ3) is 3.08. The lowest BCUT2D eigenvalue weighted by molar-refractivity contribution is 0.601. The molecule has 0 saturated carbocycles. The molecule has 1 N–H and O–H groups in total. The lowest BCUT2D eigenvalue weighted by Gasteiger charge is -2.13. The second-order valence-corrected chi connectivity index (χ2v) is 6.95. The number of sulfonamides is 1. The fourth-order valence-electron chi connectivity index (χ4n) is 1.81. The van der Waals surface area contributed by atoms with Crippen LogP contribution in [-0.2, 0) is 10.0 Å². The van der Waals surface area contributed by atoms with E-state index in [0.717, 1.165) is 11.1 Å². The lowest BCUT2D eigenvalue weighted by atomic mass is 10.1. The van der Waals surface area contributed by atoms with Crippen LogP contribution >= 0.6 is 23.2 Å². The molecule has 0 saturated heterocycles. The molecule has 20 heavy (non-hydrogen) atoms. The minimum absolute atomic E-state index is 0.0783. The zero-order valence-electron chi connectivity index (χ0n) is 10.9. The van der Waals surface area contributed by atoms with Gasteiger partial charge >= 0.3 is 0 Å². The molecule has 0 bridgehead atoms. The lowest BCUT2D eigenvalue weighted by Crippen LogP contribution is -2.14. The standard InChI is InChI=1S/C14H13Cl2NO2S/c1-9-4-3-5-10(2)14(9)17-20(18,19)11-6-7-12(15)13(16)8-11/h3-8,17H,1-2H3. The summed E-state index contributed by atoms with van der Waals surface area (Å²) < 4.78 is 27.3. The summed E-state index contributed by atoms with van der Waals surface area (Å²) in [6.07, 6.45) is 0. The van der Waals surface area contributed by atoms with E-state index < -0.39 is 10.0 Å². The van der Waals surface area contributed by atoms with Crippen molar-refractivity contribution in [1.29, 1.82) is 0 Å². The van der Waals surface area contributed by atoms with Gasteiger partial charge < -0.3 is 0 Å². The van der Waals surface area contributed by atoms with Crippen molar-refractivity contribution in [3.8, 4) is 0 Å². The molecular formula is C14H13Cl2NO2S. The molecule has 0 aliphatic heterocycles. The predicted molar refractivity (Wildman–Crippen MR) is 83.2 cm³/mol. The minimum Gasteiger partial charge on any atom is -0.279 e. The van der Waals surface area contributed by atoms with E-state index in [1.165, 1.54) is 18.2 Å². The van der Waals surface area contributed by atoms with E-state index >= 15 is 0 Å². The van der Waals surface area contributed by atoms with Crippen LogP contribution in [0.1, 0.15) is 11.1 Å². The minimum atomic E-state index is -3.69. The van der Waals surface area contributed by atoms with Gasteiger partial charge in [-0.05, 0) is 43.2 Å². The molecule has 0 aliphatic rings. The van der Waals surface area contributed by atoms with Crippen molar-refractivity contribution in [2.45, 2.75) is 18.7 Å². The summed E-state index contributed by atoms with van der Waals surface area (Å²) in [5.41, 5.74) is 2.29. The summed E-state index contributed by atoms with van der Waals surface area (Å²) in [7, 11) is -3.69. The maximum absolute atomic E-state index is 12.4. The first-order valence-electron chi connectivity index (χ1n) is 5.85. The van der Waals surface area contributed by atoms with Gasteiger partial charge in [0.1, 0.15) is 0 Å². The fraction of sp³-hybridized carbons (Fsp3) is 0.143. The second-order valence-electron chi connectivity index (χ2n) is 4.45. The van der Waals surface area contributed by atoms with Gasteiger partial charge in [-0.3, -0.25) is 4.72 Å². The molecule has 0 radical (unpaired) electrons. The smallest absolute Gasteiger partial charge is 0.261 e. The van der Waals surface area contributed by atoms with Crippen LogP contribution in [0.2, 0.25) is 10.0 Å². The van der Waals surface area contributed by atoms with E-state index in [0.29, 0.717) is 10.7 Å². The predicted octanol–water partition coefficient (Wildman–Crippen LogP) is 4.41. The van der Waals surface area contributed by atoms with Gasteiger partial charge in [0.05, 0.1) is 20.6 Å². The Balaban J connectivity index is 2.43. The average molecular weight is 330 g/mol. The van der Waals surface area contributed by atoms with Crippen LogP contribution in [0, 0.1) is 13.8 Å². The Morgan fingerprint density at radius 3 is 2.10 bits per heavy atom. The van der Waals surface area contributed by atoms with E-state index in [9.17, 15) is 8.42 Å². The number of nitrogens with one attached hydrogen (secondary N) is 1. The number of aryl methyl sites for hydroxylation is 2. The third-order valence-corrected chi connectivity index (χ3v) is 5.01. The quantitative estimate of drug-likeness (QED) is 0.906. The number of hydrogen-bond acceptors (Lipinski definition) is 2. The van der Waals surface area contributed by atoms with Gasteiger partial charge in [0, 0.05) is 0 Å². The number of hydrogen-bond donors (Lipinski definition) is 1. The summed E-state index contributed by atoms with van der Waals surface area (Å²) in [6, 6.07) is 9.79. The van der Waals surface area contributed by atoms with Crippen molar-refractivity contribution in [2.24, 2.45) is 0 Å². The van der Waals surface area contributed by atoms with Gasteiger partial charge in [0.15, 0.2) is 0 Å². The average Bonchev–Trinajstić information content (AvgIpc) is 2.37. The monoisotopic (exact) mass is 329 g/mol. The van der Waals surface area contributed by atoms with Gasteiger partial charge in [0.25, 0.3) is 10.0 Å². The molecule has 3 nitrogen and oxygen atoms in total. The highest BCUT2D eigenvalue weighted by Crippen LogP contribution is 2.27. The van der Waals surface area contributed by atoms with Crippen molar-refractivity contribution in [3.05, 3.63) is 57.6 Å². The highest BCUT2D eigenvalue weighted by Gasteiger charge is 2.17. The fourth-order valence-corrected chi connectivity index (χ4v) is 3.40. The molecule has 106 valence electrons. The van der Waals surface area contributed by atoms with Gasteiger partial charge in [-0.15, -0.1) is 0 Å². The first-order chi connectivity index (χ1) is 9.31. The molecule has 6 heteroatoms. The maximum atomic E-state index is 12.4. The Morgan fingerprint density at radius 1 is 0.950 bits per heavy atom. The van der Waals surface area contributed by atoms with Crippen LogP contribution in [0.15, 0.2) is 41.3 Å². The number of anilines is 1. The van der Waals surface area contributed by atoms with E-state index in [4.69, 9.17) is 23.2 Å². The third-order valence-electron chi connectivity index (χ3n) is 2.92. The molecule has 0 aromatic heterocycles. The van der Waals surface area contributed by atoms with Crippen molar-refractivity contribution >= 4 is 38.9 Å². The van der Waals surface area contributed by atoms with E-state index in [1.54, 1.807) is 0 Å². The Kier molecular flexibility index (Phi) is 4.28.